The second-order valence-electron chi connectivity index (χ2n) is 5.47. The van der Waals surface area contributed by atoms with Gasteiger partial charge >= 0.3 is 0 Å². The highest BCUT2D eigenvalue weighted by atomic mass is 16.7. The molecule has 1 amide bonds. The van der Waals surface area contributed by atoms with Crippen LogP contribution in [0.5, 0.6) is 17.2 Å². The maximum absolute atomic E-state index is 12.2. The van der Waals surface area contributed by atoms with E-state index in [1.54, 1.807) is 31.4 Å². The molecular formula is C21H25NO5. The number of hydrogen-bond acceptors (Lipinski definition) is 5. The van der Waals surface area contributed by atoms with E-state index in [4.69, 9.17) is 18.9 Å². The van der Waals surface area contributed by atoms with E-state index in [9.17, 15) is 4.79 Å². The zero-order valence-electron chi connectivity index (χ0n) is 15.9. The Hall–Kier alpha value is -2.99. The molecule has 0 spiro atoms. The lowest BCUT2D eigenvalue weighted by atomic mass is 10.2. The van der Waals surface area contributed by atoms with E-state index in [1.807, 2.05) is 38.1 Å². The maximum atomic E-state index is 12.2. The Bertz CT molecular complexity index is 756. The Morgan fingerprint density at radius 3 is 2.33 bits per heavy atom. The van der Waals surface area contributed by atoms with Gasteiger partial charge < -0.3 is 24.3 Å². The molecule has 0 aliphatic carbocycles. The van der Waals surface area contributed by atoms with E-state index in [0.29, 0.717) is 36.1 Å². The Morgan fingerprint density at radius 2 is 1.67 bits per heavy atom. The van der Waals surface area contributed by atoms with E-state index >= 15 is 0 Å². The van der Waals surface area contributed by atoms with Crippen molar-refractivity contribution in [3.05, 3.63) is 54.1 Å². The smallest absolute Gasteiger partial charge is 0.248 e. The van der Waals surface area contributed by atoms with Crippen molar-refractivity contribution in [1.29, 1.82) is 0 Å². The van der Waals surface area contributed by atoms with E-state index in [2.05, 4.69) is 5.32 Å². The summed E-state index contributed by atoms with van der Waals surface area (Å²) in [5.41, 5.74) is 1.52. The molecule has 27 heavy (non-hydrogen) atoms. The van der Waals surface area contributed by atoms with Crippen molar-refractivity contribution < 1.29 is 23.7 Å². The summed E-state index contributed by atoms with van der Waals surface area (Å²) in [5, 5.41) is 2.82. The van der Waals surface area contributed by atoms with Crippen molar-refractivity contribution in [2.75, 3.05) is 32.4 Å². The predicted molar refractivity (Wildman–Crippen MR) is 105 cm³/mol. The minimum Gasteiger partial charge on any atom is -0.490 e. The molecule has 0 atom stereocenters. The molecule has 2 rings (SSSR count). The summed E-state index contributed by atoms with van der Waals surface area (Å²) in [6.07, 6.45) is 3.20. The minimum atomic E-state index is -0.235. The monoisotopic (exact) mass is 371 g/mol. The van der Waals surface area contributed by atoms with Crippen molar-refractivity contribution in [3.63, 3.8) is 0 Å². The fraction of sp³-hybridized carbons (Fsp3) is 0.286. The predicted octanol–water partition coefficient (Wildman–Crippen LogP) is 4.12. The van der Waals surface area contributed by atoms with Gasteiger partial charge in [-0.15, -0.1) is 0 Å². The van der Waals surface area contributed by atoms with Crippen LogP contribution in [0.25, 0.3) is 6.08 Å². The summed E-state index contributed by atoms with van der Waals surface area (Å²) >= 11 is 0. The van der Waals surface area contributed by atoms with E-state index in [-0.39, 0.29) is 12.7 Å². The van der Waals surface area contributed by atoms with Crippen molar-refractivity contribution in [1.82, 2.24) is 0 Å². The van der Waals surface area contributed by atoms with Crippen molar-refractivity contribution in [2.45, 2.75) is 13.8 Å². The van der Waals surface area contributed by atoms with Gasteiger partial charge in [0.25, 0.3) is 0 Å². The number of rotatable bonds is 10. The number of carbonyl (C=O) groups excluding carboxylic acids is 1. The topological polar surface area (TPSA) is 66.0 Å². The van der Waals surface area contributed by atoms with Gasteiger partial charge in [-0.05, 0) is 49.8 Å². The lowest BCUT2D eigenvalue weighted by molar-refractivity contribution is -0.111. The van der Waals surface area contributed by atoms with Gasteiger partial charge in [-0.25, -0.2) is 0 Å². The second-order valence-corrected chi connectivity index (χ2v) is 5.47. The first kappa shape index (κ1) is 20.3. The van der Waals surface area contributed by atoms with Crippen LogP contribution >= 0.6 is 0 Å². The molecule has 0 heterocycles. The molecule has 0 saturated heterocycles. The Kier molecular flexibility index (Phi) is 8.19. The molecule has 2 aromatic rings. The fourth-order valence-corrected chi connectivity index (χ4v) is 2.29. The number of amides is 1. The number of anilines is 1. The molecule has 0 aliphatic rings. The number of hydrogen-bond donors (Lipinski definition) is 1. The van der Waals surface area contributed by atoms with Crippen LogP contribution in [0, 0.1) is 0 Å². The maximum Gasteiger partial charge on any atom is 0.248 e. The van der Waals surface area contributed by atoms with Gasteiger partial charge in [0.2, 0.25) is 5.91 Å². The van der Waals surface area contributed by atoms with Crippen molar-refractivity contribution >= 4 is 17.7 Å². The van der Waals surface area contributed by atoms with Gasteiger partial charge in [0, 0.05) is 24.9 Å². The Balaban J connectivity index is 1.98. The number of carbonyl (C=O) groups is 1. The van der Waals surface area contributed by atoms with Gasteiger partial charge in [-0.2, -0.15) is 0 Å². The molecule has 144 valence electrons. The first-order chi connectivity index (χ1) is 13.2. The summed E-state index contributed by atoms with van der Waals surface area (Å²) in [6.45, 7) is 5.07. The molecule has 2 aromatic carbocycles. The molecule has 6 heteroatoms. The summed E-state index contributed by atoms with van der Waals surface area (Å²) in [5.74, 6) is 1.73. The van der Waals surface area contributed by atoms with Crippen LogP contribution in [0.2, 0.25) is 0 Å². The number of nitrogens with one attached hydrogen (secondary N) is 1. The van der Waals surface area contributed by atoms with Gasteiger partial charge in [-0.1, -0.05) is 12.1 Å². The molecule has 0 radical (unpaired) electrons. The average Bonchev–Trinajstić information content (AvgIpc) is 2.68. The lowest BCUT2D eigenvalue weighted by Crippen LogP contribution is -2.08. The first-order valence-corrected chi connectivity index (χ1v) is 8.76. The van der Waals surface area contributed by atoms with Gasteiger partial charge in [0.05, 0.1) is 13.2 Å². The van der Waals surface area contributed by atoms with Crippen LogP contribution in [0.15, 0.2) is 48.5 Å². The standard InChI is InChI=1S/C21H25NO5/c1-4-25-19-12-9-17(14-20(19)26-5-2)22-21(23)13-8-16-6-10-18(11-7-16)27-15-24-3/h6-14H,4-5,15H2,1-3H3,(H,22,23)/b13-8+. The summed E-state index contributed by atoms with van der Waals surface area (Å²) in [7, 11) is 1.57. The highest BCUT2D eigenvalue weighted by Gasteiger charge is 2.07. The zero-order chi connectivity index (χ0) is 19.5. The van der Waals surface area contributed by atoms with Crippen molar-refractivity contribution in [2.24, 2.45) is 0 Å². The molecule has 0 aromatic heterocycles. The lowest BCUT2D eigenvalue weighted by Gasteiger charge is -2.12. The first-order valence-electron chi connectivity index (χ1n) is 8.76. The molecule has 0 unspecified atom stereocenters. The van der Waals surface area contributed by atoms with E-state index < -0.39 is 0 Å². The van der Waals surface area contributed by atoms with Gasteiger partial charge in [-0.3, -0.25) is 4.79 Å². The van der Waals surface area contributed by atoms with Gasteiger partial charge in [0.15, 0.2) is 18.3 Å². The molecule has 6 nitrogen and oxygen atoms in total. The largest absolute Gasteiger partial charge is 0.490 e. The van der Waals surface area contributed by atoms with Gasteiger partial charge in [0.1, 0.15) is 5.75 Å². The van der Waals surface area contributed by atoms with Crippen LogP contribution in [0.3, 0.4) is 0 Å². The third-order valence-electron chi connectivity index (χ3n) is 3.46. The highest BCUT2D eigenvalue weighted by molar-refractivity contribution is 6.02. The SMILES string of the molecule is CCOc1ccc(NC(=O)/C=C/c2ccc(OCOC)cc2)cc1OCC. The molecule has 0 fully saturated rings. The van der Waals surface area contributed by atoms with Crippen LogP contribution in [-0.2, 0) is 9.53 Å². The molecule has 0 aliphatic heterocycles. The molecule has 0 bridgehead atoms. The van der Waals surface area contributed by atoms with E-state index in [0.717, 1.165) is 5.56 Å². The van der Waals surface area contributed by atoms with Crippen LogP contribution in [0.4, 0.5) is 5.69 Å². The Labute approximate surface area is 159 Å². The van der Waals surface area contributed by atoms with Crippen LogP contribution in [-0.4, -0.2) is 33.0 Å². The molecule has 0 saturated carbocycles. The summed E-state index contributed by atoms with van der Waals surface area (Å²) in [4.78, 5) is 12.2. The number of methoxy groups -OCH3 is 1. The zero-order valence-corrected chi connectivity index (χ0v) is 15.9. The third kappa shape index (κ3) is 6.67. The average molecular weight is 371 g/mol. The fourth-order valence-electron chi connectivity index (χ4n) is 2.29. The molecule has 1 N–H and O–H groups in total. The van der Waals surface area contributed by atoms with E-state index in [1.165, 1.54) is 6.08 Å². The number of ether oxygens (including phenoxy) is 4. The van der Waals surface area contributed by atoms with Crippen LogP contribution in [0.1, 0.15) is 19.4 Å². The van der Waals surface area contributed by atoms with Crippen LogP contribution < -0.4 is 19.5 Å². The quantitative estimate of drug-likeness (QED) is 0.503. The summed E-state index contributed by atoms with van der Waals surface area (Å²) in [6, 6.07) is 12.7. The minimum absolute atomic E-state index is 0.198. The third-order valence-corrected chi connectivity index (χ3v) is 3.46. The Morgan fingerprint density at radius 1 is 0.963 bits per heavy atom. The van der Waals surface area contributed by atoms with Crippen molar-refractivity contribution in [3.8, 4) is 17.2 Å². The second kappa shape index (κ2) is 10.9. The normalized spacial score (nSPS) is 10.6. The highest BCUT2D eigenvalue weighted by Crippen LogP contribution is 2.30. The molecular weight excluding hydrogens is 346 g/mol. The number of benzene rings is 2. The summed E-state index contributed by atoms with van der Waals surface area (Å²) < 4.78 is 21.3.